The first-order valence-corrected chi connectivity index (χ1v) is 8.14. The molecule has 0 saturated heterocycles. The van der Waals surface area contributed by atoms with Gasteiger partial charge in [0.1, 0.15) is 16.8 Å². The van der Waals surface area contributed by atoms with Gasteiger partial charge in [0.15, 0.2) is 11.6 Å². The van der Waals surface area contributed by atoms with Gasteiger partial charge in [-0.15, -0.1) is 0 Å². The third-order valence-electron chi connectivity index (χ3n) is 3.23. The maximum absolute atomic E-state index is 13.1. The molecule has 8 heteroatoms. The lowest BCUT2D eigenvalue weighted by atomic mass is 10.2. The van der Waals surface area contributed by atoms with Crippen LogP contribution >= 0.6 is 0 Å². The molecule has 3 rings (SSSR count). The average molecular weight is 337 g/mol. The molecule has 0 radical (unpaired) electrons. The van der Waals surface area contributed by atoms with Gasteiger partial charge in [0.05, 0.1) is 5.25 Å². The standard InChI is InChI=1S/C15H13F2N3O2S/c16-12-4-1-10(8-13(12)17)19-15(21)9-5-6-18-14(7-9)20-23(22)11-2-3-11/h1,4-8,11H,2-3H2,(H,18,20)(H,19,21). The Kier molecular flexibility index (Phi) is 4.33. The molecule has 1 unspecified atom stereocenters. The lowest BCUT2D eigenvalue weighted by Crippen LogP contribution is -2.14. The number of benzene rings is 1. The van der Waals surface area contributed by atoms with Crippen molar-refractivity contribution in [2.24, 2.45) is 0 Å². The Morgan fingerprint density at radius 1 is 1.17 bits per heavy atom. The van der Waals surface area contributed by atoms with Gasteiger partial charge in [0.2, 0.25) is 0 Å². The van der Waals surface area contributed by atoms with Crippen LogP contribution in [0.3, 0.4) is 0 Å². The Balaban J connectivity index is 1.71. The molecule has 0 aliphatic heterocycles. The van der Waals surface area contributed by atoms with Crippen molar-refractivity contribution in [1.82, 2.24) is 4.98 Å². The summed E-state index contributed by atoms with van der Waals surface area (Å²) in [5, 5.41) is 2.60. The van der Waals surface area contributed by atoms with Crippen molar-refractivity contribution in [3.05, 3.63) is 53.7 Å². The number of anilines is 2. The van der Waals surface area contributed by atoms with Crippen molar-refractivity contribution in [3.8, 4) is 0 Å². The van der Waals surface area contributed by atoms with Gasteiger partial charge in [-0.2, -0.15) is 0 Å². The van der Waals surface area contributed by atoms with Crippen LogP contribution in [0.15, 0.2) is 36.5 Å². The van der Waals surface area contributed by atoms with Crippen molar-refractivity contribution in [2.75, 3.05) is 10.0 Å². The summed E-state index contributed by atoms with van der Waals surface area (Å²) in [4.78, 5) is 16.1. The SMILES string of the molecule is O=C(Nc1ccc(F)c(F)c1)c1ccnc(NS(=O)C2CC2)c1. The van der Waals surface area contributed by atoms with Crippen LogP contribution < -0.4 is 10.0 Å². The van der Waals surface area contributed by atoms with Gasteiger partial charge in [-0.25, -0.2) is 18.0 Å². The number of hydrogen-bond donors (Lipinski definition) is 2. The van der Waals surface area contributed by atoms with Gasteiger partial charge in [-0.3, -0.25) is 9.52 Å². The van der Waals surface area contributed by atoms with E-state index in [4.69, 9.17) is 0 Å². The largest absolute Gasteiger partial charge is 0.322 e. The van der Waals surface area contributed by atoms with Crippen LogP contribution in [0.5, 0.6) is 0 Å². The predicted molar refractivity (Wildman–Crippen MR) is 83.3 cm³/mol. The fraction of sp³-hybridized carbons (Fsp3) is 0.200. The van der Waals surface area contributed by atoms with Gasteiger partial charge in [0, 0.05) is 23.5 Å². The van der Waals surface area contributed by atoms with Gasteiger partial charge in [-0.05, 0) is 37.1 Å². The number of rotatable bonds is 5. The summed E-state index contributed by atoms with van der Waals surface area (Å²) in [6.07, 6.45) is 3.23. The lowest BCUT2D eigenvalue weighted by Gasteiger charge is -2.08. The summed E-state index contributed by atoms with van der Waals surface area (Å²) in [5.74, 6) is -2.20. The van der Waals surface area contributed by atoms with E-state index < -0.39 is 28.5 Å². The summed E-state index contributed by atoms with van der Waals surface area (Å²) in [5.41, 5.74) is 0.404. The maximum atomic E-state index is 13.1. The number of halogens is 2. The minimum Gasteiger partial charge on any atom is -0.322 e. The maximum Gasteiger partial charge on any atom is 0.255 e. The molecule has 120 valence electrons. The topological polar surface area (TPSA) is 71.1 Å². The Morgan fingerprint density at radius 2 is 1.96 bits per heavy atom. The molecule has 0 spiro atoms. The van der Waals surface area contributed by atoms with Crippen LogP contribution in [0.1, 0.15) is 23.2 Å². The summed E-state index contributed by atoms with van der Waals surface area (Å²) >= 11 is 0. The van der Waals surface area contributed by atoms with Crippen molar-refractivity contribution < 1.29 is 17.8 Å². The number of hydrogen-bond acceptors (Lipinski definition) is 3. The molecule has 1 saturated carbocycles. The highest BCUT2D eigenvalue weighted by Crippen LogP contribution is 2.26. The molecule has 5 nitrogen and oxygen atoms in total. The highest BCUT2D eigenvalue weighted by atomic mass is 32.2. The molecule has 1 aliphatic rings. The van der Waals surface area contributed by atoms with Crippen LogP contribution in [0.2, 0.25) is 0 Å². The zero-order chi connectivity index (χ0) is 16.4. The number of pyridine rings is 1. The fourth-order valence-electron chi connectivity index (χ4n) is 1.87. The van der Waals surface area contributed by atoms with E-state index in [-0.39, 0.29) is 16.5 Å². The van der Waals surface area contributed by atoms with Crippen LogP contribution in [0.4, 0.5) is 20.3 Å². The Labute approximate surface area is 133 Å². The van der Waals surface area contributed by atoms with Crippen molar-refractivity contribution in [2.45, 2.75) is 18.1 Å². The second-order valence-electron chi connectivity index (χ2n) is 5.11. The molecule has 1 aliphatic carbocycles. The number of aromatic nitrogens is 1. The number of carbonyl (C=O) groups is 1. The van der Waals surface area contributed by atoms with Crippen LogP contribution in [0, 0.1) is 11.6 Å². The van der Waals surface area contributed by atoms with Gasteiger partial charge >= 0.3 is 0 Å². The number of nitrogens with one attached hydrogen (secondary N) is 2. The van der Waals surface area contributed by atoms with Crippen molar-refractivity contribution >= 4 is 28.4 Å². The molecule has 1 amide bonds. The van der Waals surface area contributed by atoms with E-state index >= 15 is 0 Å². The normalized spacial score (nSPS) is 15.0. The molecular formula is C15H13F2N3O2S. The average Bonchev–Trinajstić information content (AvgIpc) is 3.36. The molecule has 1 atom stereocenters. The second kappa shape index (κ2) is 6.41. The Hall–Kier alpha value is -2.35. The molecule has 1 heterocycles. The summed E-state index contributed by atoms with van der Waals surface area (Å²) in [6.45, 7) is 0. The van der Waals surface area contributed by atoms with E-state index in [9.17, 15) is 17.8 Å². The summed E-state index contributed by atoms with van der Waals surface area (Å²) in [6, 6.07) is 6.02. The van der Waals surface area contributed by atoms with Crippen molar-refractivity contribution in [3.63, 3.8) is 0 Å². The van der Waals surface area contributed by atoms with Gasteiger partial charge in [-0.1, -0.05) is 0 Å². The van der Waals surface area contributed by atoms with Crippen LogP contribution in [0.25, 0.3) is 0 Å². The van der Waals surface area contributed by atoms with Crippen LogP contribution in [-0.2, 0) is 11.0 Å². The minimum atomic E-state index is -1.21. The van der Waals surface area contributed by atoms with Crippen molar-refractivity contribution in [1.29, 1.82) is 0 Å². The third-order valence-corrected chi connectivity index (χ3v) is 4.72. The highest BCUT2D eigenvalue weighted by Gasteiger charge is 2.28. The van der Waals surface area contributed by atoms with Crippen LogP contribution in [-0.4, -0.2) is 20.3 Å². The molecule has 1 aromatic carbocycles. The first kappa shape index (κ1) is 15.5. The van der Waals surface area contributed by atoms with E-state index in [1.54, 1.807) is 0 Å². The molecule has 1 aromatic heterocycles. The Bertz CT molecular complexity index is 781. The molecule has 2 N–H and O–H groups in total. The smallest absolute Gasteiger partial charge is 0.255 e. The van der Waals surface area contributed by atoms with E-state index in [0.717, 1.165) is 25.0 Å². The molecular weight excluding hydrogens is 324 g/mol. The second-order valence-corrected chi connectivity index (χ2v) is 6.58. The molecule has 2 aromatic rings. The number of nitrogens with zero attached hydrogens (tertiary/aromatic N) is 1. The molecule has 0 bridgehead atoms. The fourth-order valence-corrected chi connectivity index (χ4v) is 2.92. The molecule has 1 fully saturated rings. The first-order chi connectivity index (χ1) is 11.0. The quantitative estimate of drug-likeness (QED) is 0.881. The summed E-state index contributed by atoms with van der Waals surface area (Å²) in [7, 11) is -1.21. The predicted octanol–water partition coefficient (Wildman–Crippen LogP) is 2.85. The first-order valence-electron chi connectivity index (χ1n) is 6.92. The zero-order valence-corrected chi connectivity index (χ0v) is 12.7. The van der Waals surface area contributed by atoms with E-state index in [2.05, 4.69) is 15.0 Å². The minimum absolute atomic E-state index is 0.136. The zero-order valence-electron chi connectivity index (χ0n) is 11.9. The number of amides is 1. The van der Waals surface area contributed by atoms with E-state index in [1.807, 2.05) is 0 Å². The van der Waals surface area contributed by atoms with E-state index in [0.29, 0.717) is 5.82 Å². The van der Waals surface area contributed by atoms with Gasteiger partial charge in [0.25, 0.3) is 5.91 Å². The monoisotopic (exact) mass is 337 g/mol. The van der Waals surface area contributed by atoms with E-state index in [1.165, 1.54) is 24.4 Å². The summed E-state index contributed by atoms with van der Waals surface area (Å²) < 4.78 is 40.6. The Morgan fingerprint density at radius 3 is 2.65 bits per heavy atom. The molecule has 23 heavy (non-hydrogen) atoms. The van der Waals surface area contributed by atoms with Gasteiger partial charge < -0.3 is 5.32 Å². The lowest BCUT2D eigenvalue weighted by molar-refractivity contribution is 0.102. The number of carbonyl (C=O) groups excluding carboxylic acids is 1. The third kappa shape index (κ3) is 3.89. The highest BCUT2D eigenvalue weighted by molar-refractivity contribution is 7.87.